The summed E-state index contributed by atoms with van der Waals surface area (Å²) in [6, 6.07) is 8.00. The molecule has 1 aromatic heterocycles. The molecule has 0 saturated heterocycles. The number of aromatic nitrogens is 3. The highest BCUT2D eigenvalue weighted by Gasteiger charge is 2.06. The van der Waals surface area contributed by atoms with Gasteiger partial charge >= 0.3 is 0 Å². The molecule has 0 radical (unpaired) electrons. The van der Waals surface area contributed by atoms with Crippen molar-refractivity contribution in [3.63, 3.8) is 0 Å². The number of nitrogens with zero attached hydrogens (tertiary/aromatic N) is 3. The van der Waals surface area contributed by atoms with Crippen LogP contribution in [0.2, 0.25) is 0 Å². The van der Waals surface area contributed by atoms with E-state index in [4.69, 9.17) is 4.74 Å². The summed E-state index contributed by atoms with van der Waals surface area (Å²) in [5.74, 6) is 0.860. The lowest BCUT2D eigenvalue weighted by Crippen LogP contribution is -2.04. The van der Waals surface area contributed by atoms with Gasteiger partial charge in [0.2, 0.25) is 0 Å². The summed E-state index contributed by atoms with van der Waals surface area (Å²) in [7, 11) is 1.68. The fraction of sp³-hybridized carbons (Fsp3) is 0.273. The van der Waals surface area contributed by atoms with Gasteiger partial charge in [-0.2, -0.15) is 0 Å². The molecule has 84 valence electrons. The zero-order chi connectivity index (χ0) is 11.4. The van der Waals surface area contributed by atoms with Gasteiger partial charge in [0.25, 0.3) is 0 Å². The Kier molecular flexibility index (Phi) is 3.69. The third-order valence-electron chi connectivity index (χ3n) is 2.23. The molecule has 0 saturated carbocycles. The third-order valence-corrected chi connectivity index (χ3v) is 2.73. The summed E-state index contributed by atoms with van der Waals surface area (Å²) in [4.78, 5) is 0. The van der Waals surface area contributed by atoms with Gasteiger partial charge < -0.3 is 9.30 Å². The van der Waals surface area contributed by atoms with Crippen molar-refractivity contribution in [1.29, 1.82) is 0 Å². The monoisotopic (exact) mass is 281 g/mol. The lowest BCUT2D eigenvalue weighted by atomic mass is 10.2. The lowest BCUT2D eigenvalue weighted by molar-refractivity contribution is 0.187. The Morgan fingerprint density at radius 1 is 1.44 bits per heavy atom. The van der Waals surface area contributed by atoms with E-state index in [0.29, 0.717) is 6.61 Å². The zero-order valence-electron chi connectivity index (χ0n) is 8.93. The van der Waals surface area contributed by atoms with Crippen LogP contribution in [0.3, 0.4) is 0 Å². The van der Waals surface area contributed by atoms with Crippen molar-refractivity contribution in [3.8, 4) is 11.4 Å². The highest BCUT2D eigenvalue weighted by molar-refractivity contribution is 9.10. The van der Waals surface area contributed by atoms with Crippen LogP contribution in [0.15, 0.2) is 35.1 Å². The van der Waals surface area contributed by atoms with Crippen molar-refractivity contribution in [2.24, 2.45) is 0 Å². The Hall–Kier alpha value is -1.20. The standard InChI is InChI=1S/C11H12BrN3O/c1-16-6-5-15-8-13-14-11(15)9-3-2-4-10(12)7-9/h2-4,7-8H,5-6H2,1H3. The molecule has 0 spiro atoms. The van der Waals surface area contributed by atoms with Crippen LogP contribution in [0.5, 0.6) is 0 Å². The number of hydrogen-bond donors (Lipinski definition) is 0. The molecule has 0 aliphatic rings. The quantitative estimate of drug-likeness (QED) is 0.864. The highest BCUT2D eigenvalue weighted by atomic mass is 79.9. The minimum absolute atomic E-state index is 0.652. The predicted octanol–water partition coefficient (Wildman–Crippen LogP) is 2.35. The molecule has 0 fully saturated rings. The number of rotatable bonds is 4. The predicted molar refractivity (Wildman–Crippen MR) is 65.0 cm³/mol. The largest absolute Gasteiger partial charge is 0.383 e. The van der Waals surface area contributed by atoms with Gasteiger partial charge in [-0.15, -0.1) is 10.2 Å². The van der Waals surface area contributed by atoms with E-state index in [2.05, 4.69) is 26.1 Å². The lowest BCUT2D eigenvalue weighted by Gasteiger charge is -2.05. The van der Waals surface area contributed by atoms with Gasteiger partial charge in [0.15, 0.2) is 5.82 Å². The van der Waals surface area contributed by atoms with Crippen LogP contribution in [0, 0.1) is 0 Å². The van der Waals surface area contributed by atoms with Crippen molar-refractivity contribution in [2.45, 2.75) is 6.54 Å². The molecule has 5 heteroatoms. The molecule has 16 heavy (non-hydrogen) atoms. The highest BCUT2D eigenvalue weighted by Crippen LogP contribution is 2.20. The molecular weight excluding hydrogens is 270 g/mol. The summed E-state index contributed by atoms with van der Waals surface area (Å²) < 4.78 is 8.06. The number of benzene rings is 1. The summed E-state index contributed by atoms with van der Waals surface area (Å²) >= 11 is 3.44. The second-order valence-electron chi connectivity index (χ2n) is 3.35. The zero-order valence-corrected chi connectivity index (χ0v) is 10.5. The molecule has 0 atom stereocenters. The molecule has 0 aliphatic heterocycles. The summed E-state index contributed by atoms with van der Waals surface area (Å²) in [6.07, 6.45) is 1.72. The Bertz CT molecular complexity index is 470. The van der Waals surface area contributed by atoms with Crippen molar-refractivity contribution < 1.29 is 4.74 Å². The van der Waals surface area contributed by atoms with Crippen molar-refractivity contribution in [3.05, 3.63) is 35.1 Å². The third kappa shape index (κ3) is 2.48. The molecule has 0 aliphatic carbocycles. The van der Waals surface area contributed by atoms with Crippen molar-refractivity contribution in [2.75, 3.05) is 13.7 Å². The van der Waals surface area contributed by atoms with Crippen molar-refractivity contribution in [1.82, 2.24) is 14.8 Å². The fourth-order valence-corrected chi connectivity index (χ4v) is 1.86. The Balaban J connectivity index is 2.29. The first-order valence-corrected chi connectivity index (χ1v) is 5.73. The smallest absolute Gasteiger partial charge is 0.163 e. The van der Waals surface area contributed by atoms with E-state index in [1.165, 1.54) is 0 Å². The first-order valence-electron chi connectivity index (χ1n) is 4.94. The van der Waals surface area contributed by atoms with E-state index in [-0.39, 0.29) is 0 Å². The minimum atomic E-state index is 0.652. The van der Waals surface area contributed by atoms with Gasteiger partial charge in [0.05, 0.1) is 6.61 Å². The van der Waals surface area contributed by atoms with E-state index >= 15 is 0 Å². The van der Waals surface area contributed by atoms with E-state index in [0.717, 1.165) is 22.4 Å². The summed E-state index contributed by atoms with van der Waals surface area (Å²) in [5.41, 5.74) is 1.04. The number of ether oxygens (including phenoxy) is 1. The second-order valence-corrected chi connectivity index (χ2v) is 4.27. The average Bonchev–Trinajstić information content (AvgIpc) is 2.74. The van der Waals surface area contributed by atoms with Gasteiger partial charge in [0, 0.05) is 23.7 Å². The maximum Gasteiger partial charge on any atom is 0.163 e. The minimum Gasteiger partial charge on any atom is -0.383 e. The maximum absolute atomic E-state index is 5.04. The van der Waals surface area contributed by atoms with Crippen LogP contribution in [0.4, 0.5) is 0 Å². The number of halogens is 1. The molecule has 4 nitrogen and oxygen atoms in total. The Morgan fingerprint density at radius 2 is 2.31 bits per heavy atom. The summed E-state index contributed by atoms with van der Waals surface area (Å²) in [6.45, 7) is 1.41. The molecule has 1 aromatic carbocycles. The first-order chi connectivity index (χ1) is 7.81. The van der Waals surface area contributed by atoms with E-state index in [1.807, 2.05) is 28.8 Å². The molecule has 2 rings (SSSR count). The number of methoxy groups -OCH3 is 1. The molecule has 0 amide bonds. The Morgan fingerprint density at radius 3 is 3.06 bits per heavy atom. The molecule has 2 aromatic rings. The van der Waals surface area contributed by atoms with Gasteiger partial charge in [-0.25, -0.2) is 0 Å². The van der Waals surface area contributed by atoms with Crippen molar-refractivity contribution >= 4 is 15.9 Å². The second kappa shape index (κ2) is 5.23. The normalized spacial score (nSPS) is 10.6. The van der Waals surface area contributed by atoms with Gasteiger partial charge in [-0.1, -0.05) is 28.1 Å². The Labute approximate surface area is 102 Å². The van der Waals surface area contributed by atoms with E-state index < -0.39 is 0 Å². The van der Waals surface area contributed by atoms with Gasteiger partial charge in [-0.05, 0) is 12.1 Å². The van der Waals surface area contributed by atoms with Crippen LogP contribution in [0.1, 0.15) is 0 Å². The topological polar surface area (TPSA) is 39.9 Å². The van der Waals surface area contributed by atoms with Crippen LogP contribution in [-0.4, -0.2) is 28.5 Å². The van der Waals surface area contributed by atoms with Crippen LogP contribution < -0.4 is 0 Å². The van der Waals surface area contributed by atoms with Crippen LogP contribution in [-0.2, 0) is 11.3 Å². The molecule has 0 unspecified atom stereocenters. The van der Waals surface area contributed by atoms with Crippen LogP contribution in [0.25, 0.3) is 11.4 Å². The molecule has 1 heterocycles. The molecule has 0 N–H and O–H groups in total. The SMILES string of the molecule is COCCn1cnnc1-c1cccc(Br)c1. The fourth-order valence-electron chi connectivity index (χ4n) is 1.46. The first kappa shape index (κ1) is 11.3. The number of hydrogen-bond acceptors (Lipinski definition) is 3. The summed E-state index contributed by atoms with van der Waals surface area (Å²) in [5, 5.41) is 8.04. The molecular formula is C11H12BrN3O. The average molecular weight is 282 g/mol. The molecule has 0 bridgehead atoms. The maximum atomic E-state index is 5.04. The van der Waals surface area contributed by atoms with E-state index in [1.54, 1.807) is 13.4 Å². The van der Waals surface area contributed by atoms with Crippen LogP contribution >= 0.6 is 15.9 Å². The van der Waals surface area contributed by atoms with E-state index in [9.17, 15) is 0 Å². The van der Waals surface area contributed by atoms with Gasteiger partial charge in [-0.3, -0.25) is 0 Å². The van der Waals surface area contributed by atoms with Gasteiger partial charge in [0.1, 0.15) is 6.33 Å².